The number of morpholine rings is 2. The van der Waals surface area contributed by atoms with Crippen molar-refractivity contribution < 1.29 is 45.5 Å². The number of carbonyl (C=O) groups excluding carboxylic acids is 4. The molecule has 4 N–H and O–H groups in total. The van der Waals surface area contributed by atoms with E-state index in [0.29, 0.717) is 40.3 Å². The molecule has 76 heavy (non-hydrogen) atoms. The molecule has 8 rings (SSSR count). The summed E-state index contributed by atoms with van der Waals surface area (Å²) in [5, 5.41) is 12.2. The maximum absolute atomic E-state index is 13.3. The fourth-order valence-corrected chi connectivity index (χ4v) is 14.2. The van der Waals surface area contributed by atoms with E-state index in [9.17, 15) is 36.0 Å². The number of benzene rings is 3. The van der Waals surface area contributed by atoms with E-state index in [2.05, 4.69) is 31.2 Å². The number of hydrogen-bond acceptors (Lipinski definition) is 12. The molecule has 2 unspecified atom stereocenters. The quantitative estimate of drug-likeness (QED) is 0.0767. The first kappa shape index (κ1) is 59.2. The third-order valence-corrected chi connectivity index (χ3v) is 19.1. The monoisotopic (exact) mass is 1160 g/mol. The van der Waals surface area contributed by atoms with Crippen molar-refractivity contribution in [3.05, 3.63) is 117 Å². The number of rotatable bonds is 18. The summed E-state index contributed by atoms with van der Waals surface area (Å²) in [6.45, 7) is 0.976. The Morgan fingerprint density at radius 2 is 1.07 bits per heavy atom. The normalized spacial score (nSPS) is 20.0. The summed E-state index contributed by atoms with van der Waals surface area (Å²) in [5.74, 6) is -0.724. The van der Waals surface area contributed by atoms with Crippen LogP contribution >= 0.6 is 46.4 Å². The highest BCUT2D eigenvalue weighted by Gasteiger charge is 2.36. The Labute approximate surface area is 464 Å². The van der Waals surface area contributed by atoms with Crippen LogP contribution in [0.3, 0.4) is 0 Å². The lowest BCUT2D eigenvalue weighted by molar-refractivity contribution is -0.125. The van der Waals surface area contributed by atoms with Crippen molar-refractivity contribution in [2.24, 2.45) is 11.8 Å². The zero-order valence-electron chi connectivity index (χ0n) is 41.9. The molecule has 24 heteroatoms. The van der Waals surface area contributed by atoms with Crippen LogP contribution in [-0.4, -0.2) is 136 Å². The minimum absolute atomic E-state index is 0.0237. The smallest absolute Gasteiger partial charge is 0.272 e. The highest BCUT2D eigenvalue weighted by atomic mass is 35.5. The topological polar surface area (TPSA) is 235 Å². The second-order valence-electron chi connectivity index (χ2n) is 19.3. The van der Waals surface area contributed by atoms with E-state index in [4.69, 9.17) is 55.9 Å². The van der Waals surface area contributed by atoms with Crippen LogP contribution in [0.4, 0.5) is 0 Å². The number of amides is 4. The molecule has 2 aliphatic carbocycles. The molecule has 0 spiro atoms. The molecule has 1 aromatic heterocycles. The molecular formula is C52H64Cl4N8O10S2. The van der Waals surface area contributed by atoms with E-state index < -0.39 is 50.2 Å². The van der Waals surface area contributed by atoms with E-state index in [1.807, 2.05) is 6.07 Å². The van der Waals surface area contributed by atoms with Gasteiger partial charge in [0.1, 0.15) is 27.6 Å². The maximum atomic E-state index is 13.3. The van der Waals surface area contributed by atoms with Gasteiger partial charge in [-0.3, -0.25) is 24.2 Å². The predicted octanol–water partition coefficient (Wildman–Crippen LogP) is 7.33. The van der Waals surface area contributed by atoms with Crippen molar-refractivity contribution >= 4 is 90.1 Å². The van der Waals surface area contributed by atoms with Crippen LogP contribution in [-0.2, 0) is 39.1 Å². The van der Waals surface area contributed by atoms with E-state index in [1.165, 1.54) is 76.4 Å². The van der Waals surface area contributed by atoms with Crippen LogP contribution in [0.15, 0.2) is 95.1 Å². The van der Waals surface area contributed by atoms with Gasteiger partial charge in [0.25, 0.3) is 11.8 Å². The average Bonchev–Trinajstić information content (AvgIpc) is 3.43. The number of nitrogens with one attached hydrogen (secondary N) is 4. The van der Waals surface area contributed by atoms with Crippen molar-refractivity contribution in [3.8, 4) is 0 Å². The van der Waals surface area contributed by atoms with Gasteiger partial charge in [-0.15, -0.1) is 0 Å². The van der Waals surface area contributed by atoms with Gasteiger partial charge in [-0.25, -0.2) is 21.8 Å². The van der Waals surface area contributed by atoms with Crippen LogP contribution in [0.5, 0.6) is 0 Å². The minimum atomic E-state index is -3.88. The van der Waals surface area contributed by atoms with Crippen molar-refractivity contribution in [1.82, 2.24) is 39.8 Å². The molecule has 4 aromatic rings. The maximum Gasteiger partial charge on any atom is 0.272 e. The number of halogens is 4. The molecule has 4 atom stereocenters. The van der Waals surface area contributed by atoms with Gasteiger partial charge < -0.3 is 30.7 Å². The van der Waals surface area contributed by atoms with Crippen LogP contribution in [0, 0.1) is 11.8 Å². The molecule has 3 aromatic carbocycles. The van der Waals surface area contributed by atoms with Crippen molar-refractivity contribution in [2.45, 2.75) is 111 Å². The van der Waals surface area contributed by atoms with Crippen molar-refractivity contribution in [3.63, 3.8) is 0 Å². The second-order valence-corrected chi connectivity index (χ2v) is 24.8. The van der Waals surface area contributed by atoms with Gasteiger partial charge in [0.05, 0.1) is 41.7 Å². The highest BCUT2D eigenvalue weighted by molar-refractivity contribution is 7.89. The Morgan fingerprint density at radius 3 is 1.50 bits per heavy atom. The summed E-state index contributed by atoms with van der Waals surface area (Å²) in [4.78, 5) is 59.9. The Hall–Kier alpha value is -4.48. The molecule has 3 heterocycles. The molecule has 4 aliphatic rings. The van der Waals surface area contributed by atoms with Crippen molar-refractivity contribution in [1.29, 1.82) is 0 Å². The molecule has 0 bridgehead atoms. The number of sulfonamides is 2. The first-order valence-corrected chi connectivity index (χ1v) is 30.0. The number of ether oxygens (including phenoxy) is 2. The van der Waals surface area contributed by atoms with Crippen LogP contribution in [0.25, 0.3) is 0 Å². The zero-order valence-corrected chi connectivity index (χ0v) is 46.5. The Balaban J connectivity index is 0.000000221. The first-order chi connectivity index (χ1) is 36.5. The van der Waals surface area contributed by atoms with Gasteiger partial charge in [0, 0.05) is 67.3 Å². The zero-order chi connectivity index (χ0) is 54.2. The van der Waals surface area contributed by atoms with Crippen LogP contribution < -0.4 is 21.3 Å². The molecule has 18 nitrogen and oxygen atoms in total. The fraction of sp³-hybridized carbons (Fsp3) is 0.500. The summed E-state index contributed by atoms with van der Waals surface area (Å²) in [7, 11) is -7.75. The fourth-order valence-electron chi connectivity index (χ4n) is 9.85. The summed E-state index contributed by atoms with van der Waals surface area (Å²) < 4.78 is 66.9. The molecular weight excluding hydrogens is 1100 g/mol. The molecule has 4 fully saturated rings. The third kappa shape index (κ3) is 16.8. The summed E-state index contributed by atoms with van der Waals surface area (Å²) >= 11 is 24.1. The van der Waals surface area contributed by atoms with E-state index in [-0.39, 0.29) is 95.7 Å². The largest absolute Gasteiger partial charge is 0.374 e. The lowest BCUT2D eigenvalue weighted by atomic mass is 9.84. The average molecular weight is 1170 g/mol. The van der Waals surface area contributed by atoms with Gasteiger partial charge in [-0.1, -0.05) is 129 Å². The van der Waals surface area contributed by atoms with Gasteiger partial charge in [0.2, 0.25) is 31.9 Å². The minimum Gasteiger partial charge on any atom is -0.374 e. The standard InChI is InChI=1S/C27H33Cl2N3O5S.C25H31Cl2N5O5S/c28-21-11-12-25(23(29)16-21)38(35,36)32-13-14-37-22(18-32)17-30-27(34)24(15-19-7-3-1-4-8-19)31-26(33)20-9-5-2-6-10-20;26-18-6-7-23(20(27)13-18)38(35,36)32-10-11-37-19(16-32)14-30-24(33)21(12-17-4-2-1-3-5-17)31-25(34)22-15-28-8-9-29-22/h2,5-6,9-12,16,19,22,24H,1,3-4,7-8,13-15,17-18H2,(H,30,34)(H,31,33);6-9,13,15,17,19,21H,1-5,10-12,14,16H2,(H,30,33)(H,31,34)/t22?,24-;19?,21-/m00/s1. The van der Waals surface area contributed by atoms with Gasteiger partial charge in [0.15, 0.2) is 0 Å². The SMILES string of the molecule is O=C(N[C@@H](CC1CCCCC1)C(=O)NCC1CN(S(=O)(=O)c2ccc(Cl)cc2Cl)CCO1)c1ccccc1.O=C(N[C@@H](CC1CCCCC1)C(=O)NCC1CN(S(=O)(=O)c2ccc(Cl)cc2Cl)CCO1)c1cnccn1. The first-order valence-electron chi connectivity index (χ1n) is 25.6. The molecule has 0 radical (unpaired) electrons. The van der Waals surface area contributed by atoms with Gasteiger partial charge >= 0.3 is 0 Å². The summed E-state index contributed by atoms with van der Waals surface area (Å²) in [6.07, 6.45) is 15.1. The van der Waals surface area contributed by atoms with E-state index >= 15 is 0 Å². The molecule has 2 saturated carbocycles. The molecule has 2 aliphatic heterocycles. The van der Waals surface area contributed by atoms with Gasteiger partial charge in [-0.05, 0) is 73.2 Å². The van der Waals surface area contributed by atoms with E-state index in [1.54, 1.807) is 24.3 Å². The third-order valence-electron chi connectivity index (χ3n) is 13.9. The number of hydrogen-bond donors (Lipinski definition) is 4. The molecule has 2 saturated heterocycles. The Morgan fingerprint density at radius 1 is 0.605 bits per heavy atom. The molecule has 4 amide bonds. The highest BCUT2D eigenvalue weighted by Crippen LogP contribution is 2.32. The number of aromatic nitrogens is 2. The number of carbonyl (C=O) groups is 4. The lowest BCUT2D eigenvalue weighted by Gasteiger charge is -2.33. The summed E-state index contributed by atoms with van der Waals surface area (Å²) in [6, 6.07) is 15.9. The van der Waals surface area contributed by atoms with E-state index in [0.717, 1.165) is 51.4 Å². The second kappa shape index (κ2) is 28.4. The predicted molar refractivity (Wildman–Crippen MR) is 289 cm³/mol. The summed E-state index contributed by atoms with van der Waals surface area (Å²) in [5.41, 5.74) is 0.623. The van der Waals surface area contributed by atoms with Gasteiger partial charge in [-0.2, -0.15) is 8.61 Å². The lowest BCUT2D eigenvalue weighted by Crippen LogP contribution is -2.53. The van der Waals surface area contributed by atoms with Crippen LogP contribution in [0.1, 0.15) is 97.9 Å². The number of nitrogens with zero attached hydrogens (tertiary/aromatic N) is 4. The van der Waals surface area contributed by atoms with Crippen LogP contribution in [0.2, 0.25) is 20.1 Å². The Bertz CT molecular complexity index is 2640. The van der Waals surface area contributed by atoms with Crippen molar-refractivity contribution in [2.75, 3.05) is 52.5 Å². The Kier molecular flexibility index (Phi) is 22.1. The molecule has 412 valence electrons.